The summed E-state index contributed by atoms with van der Waals surface area (Å²) in [6.07, 6.45) is 1.60. The fraction of sp³-hybridized carbons (Fsp3) is 0.273. The number of aromatic nitrogens is 2. The quantitative estimate of drug-likeness (QED) is 0.808. The van der Waals surface area contributed by atoms with Crippen LogP contribution in [-0.2, 0) is 4.79 Å². The monoisotopic (exact) mass is 290 g/mol. The second-order valence-corrected chi connectivity index (χ2v) is 3.73. The number of rotatable bonds is 3. The van der Waals surface area contributed by atoms with Crippen LogP contribution in [0.5, 0.6) is 0 Å². The molecule has 18 heavy (non-hydrogen) atoms. The number of halogens is 2. The zero-order valence-corrected chi connectivity index (χ0v) is 11.5. The molecule has 0 aliphatic heterocycles. The Bertz CT molecular complexity index is 514. The number of H-pyrrole nitrogens is 1. The fourth-order valence-electron chi connectivity index (χ4n) is 1.43. The Hall–Kier alpha value is -1.30. The Balaban J connectivity index is 0.00000144. The van der Waals surface area contributed by atoms with E-state index < -0.39 is 0 Å². The number of carbonyl (C=O) groups is 1. The van der Waals surface area contributed by atoms with Crippen LogP contribution in [0.25, 0.3) is 11.0 Å². The first-order valence-corrected chi connectivity index (χ1v) is 5.15. The number of nitrogens with zero attached hydrogens (tertiary/aromatic N) is 1. The SMILES string of the molecule is CC(CN)C(=O)Nc1cccc2[nH]cnc12.Cl.Cl. The average Bonchev–Trinajstić information content (AvgIpc) is 2.77. The third-order valence-electron chi connectivity index (χ3n) is 2.51. The lowest BCUT2D eigenvalue weighted by molar-refractivity contribution is -0.119. The van der Waals surface area contributed by atoms with Crippen LogP contribution in [-0.4, -0.2) is 22.4 Å². The molecule has 0 saturated carbocycles. The van der Waals surface area contributed by atoms with Crippen molar-refractivity contribution in [2.75, 3.05) is 11.9 Å². The van der Waals surface area contributed by atoms with E-state index in [1.54, 1.807) is 13.3 Å². The molecule has 2 rings (SSSR count). The van der Waals surface area contributed by atoms with Crippen LogP contribution in [0, 0.1) is 5.92 Å². The molecule has 1 atom stereocenters. The highest BCUT2D eigenvalue weighted by molar-refractivity contribution is 6.00. The molecule has 4 N–H and O–H groups in total. The molecule has 0 saturated heterocycles. The van der Waals surface area contributed by atoms with Gasteiger partial charge in [-0.3, -0.25) is 4.79 Å². The van der Waals surface area contributed by atoms with Crippen molar-refractivity contribution in [3.8, 4) is 0 Å². The lowest BCUT2D eigenvalue weighted by Gasteiger charge is -2.09. The van der Waals surface area contributed by atoms with Crippen molar-refractivity contribution in [3.05, 3.63) is 24.5 Å². The first kappa shape index (κ1) is 16.7. The topological polar surface area (TPSA) is 83.8 Å². The molecule has 0 aliphatic rings. The van der Waals surface area contributed by atoms with Crippen molar-refractivity contribution in [1.82, 2.24) is 9.97 Å². The van der Waals surface area contributed by atoms with Crippen LogP contribution in [0.3, 0.4) is 0 Å². The van der Waals surface area contributed by atoms with E-state index in [0.717, 1.165) is 11.0 Å². The van der Waals surface area contributed by atoms with Crippen molar-refractivity contribution >= 4 is 47.4 Å². The summed E-state index contributed by atoms with van der Waals surface area (Å²) < 4.78 is 0. The molecule has 1 amide bonds. The largest absolute Gasteiger partial charge is 0.345 e. The minimum absolute atomic E-state index is 0. The molecular weight excluding hydrogens is 275 g/mol. The standard InChI is InChI=1S/C11H14N4O.2ClH/c1-7(5-12)11(16)15-9-4-2-3-8-10(9)14-6-13-8;;/h2-4,6-7H,5,12H2,1H3,(H,13,14)(H,15,16);2*1H. The maximum absolute atomic E-state index is 11.7. The minimum Gasteiger partial charge on any atom is -0.345 e. The van der Waals surface area contributed by atoms with Crippen molar-refractivity contribution < 1.29 is 4.79 Å². The molecule has 0 fully saturated rings. The van der Waals surface area contributed by atoms with E-state index in [1.165, 1.54) is 0 Å². The van der Waals surface area contributed by atoms with E-state index in [-0.39, 0.29) is 36.6 Å². The van der Waals surface area contributed by atoms with Crippen molar-refractivity contribution in [2.45, 2.75) is 6.92 Å². The molecule has 0 bridgehead atoms. The number of hydrogen-bond donors (Lipinski definition) is 3. The van der Waals surface area contributed by atoms with Gasteiger partial charge in [0.25, 0.3) is 0 Å². The van der Waals surface area contributed by atoms with E-state index in [4.69, 9.17) is 5.73 Å². The summed E-state index contributed by atoms with van der Waals surface area (Å²) in [6.45, 7) is 2.13. The van der Waals surface area contributed by atoms with Gasteiger partial charge in [0.15, 0.2) is 0 Å². The van der Waals surface area contributed by atoms with E-state index in [2.05, 4.69) is 15.3 Å². The molecule has 0 radical (unpaired) electrons. The van der Waals surface area contributed by atoms with Crippen LogP contribution >= 0.6 is 24.8 Å². The summed E-state index contributed by atoms with van der Waals surface area (Å²) in [7, 11) is 0. The van der Waals surface area contributed by atoms with Crippen LogP contribution in [0.2, 0.25) is 0 Å². The first-order valence-electron chi connectivity index (χ1n) is 5.15. The van der Waals surface area contributed by atoms with E-state index in [9.17, 15) is 4.79 Å². The highest BCUT2D eigenvalue weighted by atomic mass is 35.5. The average molecular weight is 291 g/mol. The molecule has 100 valence electrons. The number of amides is 1. The van der Waals surface area contributed by atoms with Crippen molar-refractivity contribution in [2.24, 2.45) is 11.7 Å². The normalized spacial score (nSPS) is 11.2. The maximum atomic E-state index is 11.7. The van der Waals surface area contributed by atoms with Gasteiger partial charge in [0.05, 0.1) is 17.5 Å². The number of carbonyl (C=O) groups excluding carboxylic acids is 1. The van der Waals surface area contributed by atoms with Gasteiger partial charge in [-0.1, -0.05) is 13.0 Å². The molecule has 1 heterocycles. The van der Waals surface area contributed by atoms with Crippen LogP contribution < -0.4 is 11.1 Å². The Labute approximate surface area is 117 Å². The fourth-order valence-corrected chi connectivity index (χ4v) is 1.43. The summed E-state index contributed by atoms with van der Waals surface area (Å²) in [6, 6.07) is 5.60. The number of para-hydroxylation sites is 1. The number of imidazole rings is 1. The van der Waals surface area contributed by atoms with Crippen LogP contribution in [0.15, 0.2) is 24.5 Å². The Kier molecular flexibility index (Phi) is 6.68. The smallest absolute Gasteiger partial charge is 0.228 e. The summed E-state index contributed by atoms with van der Waals surface area (Å²) in [4.78, 5) is 18.8. The second kappa shape index (κ2) is 7.20. The number of nitrogens with two attached hydrogens (primary N) is 1. The number of aromatic amines is 1. The summed E-state index contributed by atoms with van der Waals surface area (Å²) >= 11 is 0. The predicted molar refractivity (Wildman–Crippen MR) is 77.4 cm³/mol. The van der Waals surface area contributed by atoms with Crippen LogP contribution in [0.1, 0.15) is 6.92 Å². The van der Waals surface area contributed by atoms with Crippen LogP contribution in [0.4, 0.5) is 5.69 Å². The highest BCUT2D eigenvalue weighted by Gasteiger charge is 2.12. The number of fused-ring (bicyclic) bond motifs is 1. The highest BCUT2D eigenvalue weighted by Crippen LogP contribution is 2.19. The number of nitrogens with one attached hydrogen (secondary N) is 2. The zero-order chi connectivity index (χ0) is 11.5. The molecular formula is C11H16Cl2N4O. The number of benzene rings is 1. The summed E-state index contributed by atoms with van der Waals surface area (Å²) in [5, 5.41) is 2.82. The maximum Gasteiger partial charge on any atom is 0.228 e. The van der Waals surface area contributed by atoms with Gasteiger partial charge in [0.2, 0.25) is 5.91 Å². The lowest BCUT2D eigenvalue weighted by Crippen LogP contribution is -2.26. The Morgan fingerprint density at radius 3 is 2.89 bits per heavy atom. The number of anilines is 1. The molecule has 2 aromatic rings. The minimum atomic E-state index is -0.200. The lowest BCUT2D eigenvalue weighted by atomic mass is 10.1. The van der Waals surface area contributed by atoms with Gasteiger partial charge in [-0.05, 0) is 12.1 Å². The second-order valence-electron chi connectivity index (χ2n) is 3.73. The summed E-state index contributed by atoms with van der Waals surface area (Å²) in [5.41, 5.74) is 7.81. The molecule has 5 nitrogen and oxygen atoms in total. The molecule has 1 aromatic carbocycles. The van der Waals surface area contributed by atoms with Gasteiger partial charge in [0.1, 0.15) is 5.52 Å². The summed E-state index contributed by atoms with van der Waals surface area (Å²) in [5.74, 6) is -0.285. The molecule has 0 spiro atoms. The number of hydrogen-bond acceptors (Lipinski definition) is 3. The zero-order valence-electron chi connectivity index (χ0n) is 9.84. The molecule has 1 aromatic heterocycles. The van der Waals surface area contributed by atoms with Gasteiger partial charge in [-0.15, -0.1) is 24.8 Å². The molecule has 1 unspecified atom stereocenters. The van der Waals surface area contributed by atoms with Gasteiger partial charge in [-0.25, -0.2) is 4.98 Å². The van der Waals surface area contributed by atoms with Gasteiger partial charge in [-0.2, -0.15) is 0 Å². The van der Waals surface area contributed by atoms with E-state index in [0.29, 0.717) is 12.2 Å². The van der Waals surface area contributed by atoms with Gasteiger partial charge < -0.3 is 16.0 Å². The van der Waals surface area contributed by atoms with Crippen molar-refractivity contribution in [1.29, 1.82) is 0 Å². The van der Waals surface area contributed by atoms with E-state index >= 15 is 0 Å². The molecule has 7 heteroatoms. The van der Waals surface area contributed by atoms with E-state index in [1.807, 2.05) is 18.2 Å². The Morgan fingerprint density at radius 2 is 2.22 bits per heavy atom. The third kappa shape index (κ3) is 3.35. The predicted octanol–water partition coefficient (Wildman–Crippen LogP) is 1.94. The Morgan fingerprint density at radius 1 is 1.50 bits per heavy atom. The van der Waals surface area contributed by atoms with Gasteiger partial charge >= 0.3 is 0 Å². The first-order chi connectivity index (χ1) is 7.72. The van der Waals surface area contributed by atoms with Crippen molar-refractivity contribution in [3.63, 3.8) is 0 Å². The van der Waals surface area contributed by atoms with Gasteiger partial charge in [0, 0.05) is 12.5 Å². The molecule has 0 aliphatic carbocycles. The third-order valence-corrected chi connectivity index (χ3v) is 2.51.